The Morgan fingerprint density at radius 1 is 0.935 bits per heavy atom. The van der Waals surface area contributed by atoms with Gasteiger partial charge in [0.25, 0.3) is 5.91 Å². The van der Waals surface area contributed by atoms with Crippen molar-refractivity contribution in [1.82, 2.24) is 16.2 Å². The summed E-state index contributed by atoms with van der Waals surface area (Å²) in [4.78, 5) is 24.0. The van der Waals surface area contributed by atoms with Crippen molar-refractivity contribution in [2.75, 3.05) is 13.7 Å². The van der Waals surface area contributed by atoms with Crippen LogP contribution in [0.1, 0.15) is 5.56 Å². The number of methoxy groups -OCH3 is 1. The molecule has 0 saturated heterocycles. The molecule has 3 aromatic rings. The molecule has 3 rings (SSSR count). The van der Waals surface area contributed by atoms with Gasteiger partial charge in [-0.2, -0.15) is 0 Å². The summed E-state index contributed by atoms with van der Waals surface area (Å²) in [6.07, 6.45) is 3.09. The second-order valence-corrected chi connectivity index (χ2v) is 6.74. The van der Waals surface area contributed by atoms with Gasteiger partial charge in [-0.15, -0.1) is 0 Å². The molecule has 0 saturated carbocycles. The molecule has 0 heterocycles. The number of hydrogen-bond donors (Lipinski definition) is 3. The predicted octanol–water partition coefficient (Wildman–Crippen LogP) is 2.96. The fraction of sp³-hybridized carbons (Fsp3) is 0.0870. The molecule has 0 bridgehead atoms. The number of nitrogens with one attached hydrogen (secondary N) is 3. The maximum Gasteiger partial charge on any atom is 0.276 e. The normalized spacial score (nSPS) is 10.5. The topological polar surface area (TPSA) is 88.7 Å². The molecular formula is C23H21N3O4S. The molecule has 0 aliphatic heterocycles. The number of amides is 2. The summed E-state index contributed by atoms with van der Waals surface area (Å²) in [5.41, 5.74) is 5.73. The van der Waals surface area contributed by atoms with Gasteiger partial charge >= 0.3 is 0 Å². The highest BCUT2D eigenvalue weighted by molar-refractivity contribution is 7.80. The number of hydrazine groups is 1. The quantitative estimate of drug-likeness (QED) is 0.313. The molecule has 0 aliphatic carbocycles. The van der Waals surface area contributed by atoms with E-state index < -0.39 is 11.8 Å². The van der Waals surface area contributed by atoms with Crippen LogP contribution < -0.4 is 25.6 Å². The Hall–Kier alpha value is -3.91. The van der Waals surface area contributed by atoms with Gasteiger partial charge < -0.3 is 9.47 Å². The predicted molar refractivity (Wildman–Crippen MR) is 123 cm³/mol. The highest BCUT2D eigenvalue weighted by atomic mass is 32.1. The van der Waals surface area contributed by atoms with Gasteiger partial charge in [-0.3, -0.25) is 25.8 Å². The van der Waals surface area contributed by atoms with Crippen LogP contribution in [0.25, 0.3) is 16.8 Å². The Morgan fingerprint density at radius 2 is 1.65 bits per heavy atom. The van der Waals surface area contributed by atoms with Crippen LogP contribution in [0.4, 0.5) is 0 Å². The maximum absolute atomic E-state index is 12.1. The van der Waals surface area contributed by atoms with Crippen LogP contribution in [0.3, 0.4) is 0 Å². The Kier molecular flexibility index (Phi) is 7.56. The van der Waals surface area contributed by atoms with Crippen molar-refractivity contribution in [3.05, 3.63) is 78.4 Å². The number of rotatable bonds is 6. The first-order chi connectivity index (χ1) is 15.1. The molecule has 0 aliphatic rings. The van der Waals surface area contributed by atoms with E-state index in [4.69, 9.17) is 21.7 Å². The second kappa shape index (κ2) is 10.7. The average molecular weight is 436 g/mol. The highest BCUT2D eigenvalue weighted by Crippen LogP contribution is 2.25. The zero-order valence-electron chi connectivity index (χ0n) is 16.8. The minimum Gasteiger partial charge on any atom is -0.493 e. The standard InChI is InChI=1S/C23H21N3O4S/c1-29-19-11-4-5-12-20(19)30-15-22(28)25-26-23(31)24-21(27)14-13-17-9-6-8-16-7-2-3-10-18(16)17/h2-14H,15H2,1H3,(H,25,28)(H2,24,26,27,31)/b14-13+. The maximum atomic E-state index is 12.1. The fourth-order valence-electron chi connectivity index (χ4n) is 2.79. The van der Waals surface area contributed by atoms with E-state index in [2.05, 4.69) is 16.2 Å². The second-order valence-electron chi connectivity index (χ2n) is 6.33. The third-order valence-electron chi connectivity index (χ3n) is 4.22. The van der Waals surface area contributed by atoms with Crippen molar-refractivity contribution < 1.29 is 19.1 Å². The Balaban J connectivity index is 1.45. The van der Waals surface area contributed by atoms with Crippen LogP contribution in [0.5, 0.6) is 11.5 Å². The lowest BCUT2D eigenvalue weighted by atomic mass is 10.0. The van der Waals surface area contributed by atoms with E-state index in [1.807, 2.05) is 42.5 Å². The SMILES string of the molecule is COc1ccccc1OCC(=O)NNC(=S)NC(=O)/C=C/c1cccc2ccccc12. The third kappa shape index (κ3) is 6.28. The van der Waals surface area contributed by atoms with Gasteiger partial charge in [-0.05, 0) is 46.8 Å². The summed E-state index contributed by atoms with van der Waals surface area (Å²) in [6, 6.07) is 20.7. The largest absolute Gasteiger partial charge is 0.493 e. The van der Waals surface area contributed by atoms with E-state index >= 15 is 0 Å². The van der Waals surface area contributed by atoms with Crippen LogP contribution in [-0.4, -0.2) is 30.6 Å². The van der Waals surface area contributed by atoms with Gasteiger partial charge in [-0.1, -0.05) is 54.6 Å². The molecule has 0 atom stereocenters. The zero-order chi connectivity index (χ0) is 22.1. The summed E-state index contributed by atoms with van der Waals surface area (Å²) in [5.74, 6) is 0.0531. The van der Waals surface area contributed by atoms with Crippen molar-refractivity contribution in [2.24, 2.45) is 0 Å². The molecule has 3 N–H and O–H groups in total. The lowest BCUT2D eigenvalue weighted by molar-refractivity contribution is -0.123. The molecule has 0 aromatic heterocycles. The lowest BCUT2D eigenvalue weighted by Crippen LogP contribution is -2.49. The van der Waals surface area contributed by atoms with E-state index in [-0.39, 0.29) is 11.7 Å². The molecule has 158 valence electrons. The lowest BCUT2D eigenvalue weighted by Gasteiger charge is -2.12. The van der Waals surface area contributed by atoms with Crippen molar-refractivity contribution >= 4 is 46.0 Å². The summed E-state index contributed by atoms with van der Waals surface area (Å²) >= 11 is 5.02. The minimum absolute atomic E-state index is 0.0433. The van der Waals surface area contributed by atoms with Crippen LogP contribution in [0, 0.1) is 0 Å². The summed E-state index contributed by atoms with van der Waals surface area (Å²) < 4.78 is 10.6. The number of hydrogen-bond acceptors (Lipinski definition) is 5. The molecule has 3 aromatic carbocycles. The number of benzene rings is 3. The average Bonchev–Trinajstić information content (AvgIpc) is 2.80. The first-order valence-electron chi connectivity index (χ1n) is 9.38. The molecule has 2 amide bonds. The van der Waals surface area contributed by atoms with E-state index in [0.717, 1.165) is 16.3 Å². The van der Waals surface area contributed by atoms with Crippen LogP contribution in [0.15, 0.2) is 72.8 Å². The fourth-order valence-corrected chi connectivity index (χ4v) is 2.94. The van der Waals surface area contributed by atoms with Gasteiger partial charge in [0.15, 0.2) is 23.2 Å². The van der Waals surface area contributed by atoms with Gasteiger partial charge in [-0.25, -0.2) is 0 Å². The van der Waals surface area contributed by atoms with Gasteiger partial charge in [0.1, 0.15) is 0 Å². The van der Waals surface area contributed by atoms with E-state index in [1.54, 1.807) is 30.3 Å². The molecule has 7 nitrogen and oxygen atoms in total. The molecular weight excluding hydrogens is 414 g/mol. The monoisotopic (exact) mass is 435 g/mol. The van der Waals surface area contributed by atoms with Crippen LogP contribution >= 0.6 is 12.2 Å². The molecule has 0 spiro atoms. The number of para-hydroxylation sites is 2. The molecule has 31 heavy (non-hydrogen) atoms. The zero-order valence-corrected chi connectivity index (χ0v) is 17.6. The highest BCUT2D eigenvalue weighted by Gasteiger charge is 2.08. The van der Waals surface area contributed by atoms with Crippen LogP contribution in [-0.2, 0) is 9.59 Å². The Labute approximate surface area is 185 Å². The number of ether oxygens (including phenoxy) is 2. The smallest absolute Gasteiger partial charge is 0.276 e. The number of thiocarbonyl (C=S) groups is 1. The van der Waals surface area contributed by atoms with Gasteiger partial charge in [0, 0.05) is 6.08 Å². The van der Waals surface area contributed by atoms with Crippen LogP contribution in [0.2, 0.25) is 0 Å². The van der Waals surface area contributed by atoms with E-state index in [1.165, 1.54) is 13.2 Å². The van der Waals surface area contributed by atoms with Crippen molar-refractivity contribution in [2.45, 2.75) is 0 Å². The molecule has 0 radical (unpaired) electrons. The number of fused-ring (bicyclic) bond motifs is 1. The van der Waals surface area contributed by atoms with E-state index in [0.29, 0.717) is 11.5 Å². The van der Waals surface area contributed by atoms with Crippen molar-refractivity contribution in [1.29, 1.82) is 0 Å². The molecule has 8 heteroatoms. The Bertz CT molecular complexity index is 1130. The third-order valence-corrected chi connectivity index (χ3v) is 4.42. The van der Waals surface area contributed by atoms with E-state index in [9.17, 15) is 9.59 Å². The minimum atomic E-state index is -0.478. The first-order valence-corrected chi connectivity index (χ1v) is 9.79. The first kappa shape index (κ1) is 21.8. The molecule has 0 fully saturated rings. The Morgan fingerprint density at radius 3 is 2.45 bits per heavy atom. The summed E-state index contributed by atoms with van der Waals surface area (Å²) in [7, 11) is 1.51. The summed E-state index contributed by atoms with van der Waals surface area (Å²) in [6.45, 7) is -0.259. The number of carbonyl (C=O) groups is 2. The van der Waals surface area contributed by atoms with Gasteiger partial charge in [0.2, 0.25) is 5.91 Å². The van der Waals surface area contributed by atoms with Gasteiger partial charge in [0.05, 0.1) is 7.11 Å². The van der Waals surface area contributed by atoms with Crippen molar-refractivity contribution in [3.63, 3.8) is 0 Å². The molecule has 0 unspecified atom stereocenters. The summed E-state index contributed by atoms with van der Waals surface area (Å²) in [5, 5.41) is 4.54. The number of carbonyl (C=O) groups excluding carboxylic acids is 2. The van der Waals surface area contributed by atoms with Crippen molar-refractivity contribution in [3.8, 4) is 11.5 Å².